The van der Waals surface area contributed by atoms with Crippen LogP contribution in [0.3, 0.4) is 0 Å². The van der Waals surface area contributed by atoms with Crippen molar-refractivity contribution in [1.82, 2.24) is 5.01 Å². The Labute approximate surface area is 184 Å². The van der Waals surface area contributed by atoms with E-state index in [-0.39, 0.29) is 16.8 Å². The van der Waals surface area contributed by atoms with Crippen LogP contribution in [0.4, 0.5) is 5.69 Å². The van der Waals surface area contributed by atoms with Gasteiger partial charge in [-0.2, -0.15) is 5.10 Å². The van der Waals surface area contributed by atoms with Crippen molar-refractivity contribution in [3.05, 3.63) is 104 Å². The van der Waals surface area contributed by atoms with Gasteiger partial charge in [-0.3, -0.25) is 10.1 Å². The lowest BCUT2D eigenvalue weighted by atomic mass is 9.95. The topological polar surface area (TPSA) is 68.0 Å². The second-order valence-electron chi connectivity index (χ2n) is 7.67. The van der Waals surface area contributed by atoms with Crippen molar-refractivity contribution in [1.29, 1.82) is 0 Å². The molecule has 0 N–H and O–H groups in total. The van der Waals surface area contributed by atoms with Gasteiger partial charge in [0.2, 0.25) is 6.23 Å². The first-order valence-corrected chi connectivity index (χ1v) is 10.6. The maximum atomic E-state index is 11.4. The molecule has 0 saturated heterocycles. The first-order chi connectivity index (χ1) is 15.0. The molecule has 0 saturated carbocycles. The van der Waals surface area contributed by atoms with Crippen molar-refractivity contribution in [2.24, 2.45) is 5.10 Å². The number of nitro groups is 1. The van der Waals surface area contributed by atoms with Crippen molar-refractivity contribution >= 4 is 23.0 Å². The zero-order valence-corrected chi connectivity index (χ0v) is 17.6. The number of para-hydroxylation sites is 1. The lowest BCUT2D eigenvalue weighted by Crippen LogP contribution is -2.33. The molecule has 0 aromatic heterocycles. The lowest BCUT2D eigenvalue weighted by molar-refractivity contribution is -0.384. The number of hydrogen-bond acceptors (Lipinski definition) is 5. The van der Waals surface area contributed by atoms with E-state index in [1.165, 1.54) is 17.7 Å². The van der Waals surface area contributed by atoms with Crippen LogP contribution in [0.25, 0.3) is 0 Å². The van der Waals surface area contributed by atoms with Gasteiger partial charge >= 0.3 is 0 Å². The van der Waals surface area contributed by atoms with E-state index < -0.39 is 11.2 Å². The molecule has 5 rings (SSSR count). The highest BCUT2D eigenvalue weighted by Gasteiger charge is 2.41. The number of hydrazone groups is 1. The summed E-state index contributed by atoms with van der Waals surface area (Å²) in [7, 11) is 0. The molecule has 31 heavy (non-hydrogen) atoms. The van der Waals surface area contributed by atoms with Crippen molar-refractivity contribution in [3.8, 4) is 5.75 Å². The third kappa shape index (κ3) is 3.43. The average molecular weight is 434 g/mol. The maximum Gasteiger partial charge on any atom is 0.288 e. The van der Waals surface area contributed by atoms with Crippen LogP contribution in [0.5, 0.6) is 5.75 Å². The van der Waals surface area contributed by atoms with Crippen molar-refractivity contribution in [2.45, 2.75) is 32.0 Å². The van der Waals surface area contributed by atoms with E-state index >= 15 is 0 Å². The van der Waals surface area contributed by atoms with E-state index in [2.05, 4.69) is 31.2 Å². The Kier molecular flexibility index (Phi) is 4.87. The van der Waals surface area contributed by atoms with E-state index in [9.17, 15) is 10.1 Å². The Balaban J connectivity index is 1.58. The molecule has 2 aliphatic rings. The van der Waals surface area contributed by atoms with Gasteiger partial charge in [-0.1, -0.05) is 67.1 Å². The molecular formula is C24H20ClN3O3. The summed E-state index contributed by atoms with van der Waals surface area (Å²) < 4.78 is 6.28. The number of rotatable bonds is 4. The maximum absolute atomic E-state index is 11.4. The fourth-order valence-electron chi connectivity index (χ4n) is 4.18. The summed E-state index contributed by atoms with van der Waals surface area (Å²) in [4.78, 5) is 10.9. The number of ether oxygens (including phenoxy) is 1. The Morgan fingerprint density at radius 2 is 1.94 bits per heavy atom. The van der Waals surface area contributed by atoms with Crippen LogP contribution < -0.4 is 4.74 Å². The number of halogens is 1. The molecule has 0 bridgehead atoms. The average Bonchev–Trinajstić information content (AvgIpc) is 3.24. The fourth-order valence-corrected chi connectivity index (χ4v) is 4.37. The van der Waals surface area contributed by atoms with Gasteiger partial charge in [0.1, 0.15) is 10.8 Å². The fraction of sp³-hybridized carbons (Fsp3) is 0.208. The van der Waals surface area contributed by atoms with Crippen LogP contribution in [0.1, 0.15) is 47.9 Å². The predicted molar refractivity (Wildman–Crippen MR) is 119 cm³/mol. The number of benzene rings is 3. The Morgan fingerprint density at radius 3 is 2.68 bits per heavy atom. The number of nitro benzene ring substituents is 1. The smallest absolute Gasteiger partial charge is 0.288 e. The molecule has 0 amide bonds. The molecule has 0 aliphatic carbocycles. The van der Waals surface area contributed by atoms with Gasteiger partial charge < -0.3 is 4.74 Å². The van der Waals surface area contributed by atoms with Crippen LogP contribution in [0.15, 0.2) is 71.8 Å². The minimum atomic E-state index is -0.580. The van der Waals surface area contributed by atoms with Crippen LogP contribution in [0, 0.1) is 10.1 Å². The summed E-state index contributed by atoms with van der Waals surface area (Å²) in [5.74, 6) is 0.768. The van der Waals surface area contributed by atoms with Crippen LogP contribution >= 0.6 is 11.6 Å². The second-order valence-corrected chi connectivity index (χ2v) is 8.08. The number of fused-ring (bicyclic) bond motifs is 3. The lowest BCUT2D eigenvalue weighted by Gasteiger charge is -2.38. The summed E-state index contributed by atoms with van der Waals surface area (Å²) in [5, 5.41) is 18.3. The highest BCUT2D eigenvalue weighted by atomic mass is 35.5. The molecule has 2 aliphatic heterocycles. The van der Waals surface area contributed by atoms with E-state index in [0.717, 1.165) is 35.4 Å². The molecule has 2 heterocycles. The first-order valence-electron chi connectivity index (χ1n) is 10.2. The summed E-state index contributed by atoms with van der Waals surface area (Å²) in [6.45, 7) is 2.13. The molecule has 6 nitrogen and oxygen atoms in total. The van der Waals surface area contributed by atoms with Gasteiger partial charge in [0.15, 0.2) is 0 Å². The zero-order chi connectivity index (χ0) is 21.5. The quantitative estimate of drug-likeness (QED) is 0.371. The third-order valence-electron chi connectivity index (χ3n) is 5.85. The molecule has 0 radical (unpaired) electrons. The minimum absolute atomic E-state index is 0.00876. The number of nitrogens with zero attached hydrogens (tertiary/aromatic N) is 3. The van der Waals surface area contributed by atoms with Crippen molar-refractivity contribution in [2.75, 3.05) is 0 Å². The number of aryl methyl sites for hydroxylation is 1. The van der Waals surface area contributed by atoms with Crippen molar-refractivity contribution in [3.63, 3.8) is 0 Å². The number of hydrogen-bond donors (Lipinski definition) is 0. The molecule has 2 unspecified atom stereocenters. The molecule has 3 aromatic rings. The Morgan fingerprint density at radius 1 is 1.16 bits per heavy atom. The second kappa shape index (κ2) is 7.71. The Hall–Kier alpha value is -3.38. The van der Waals surface area contributed by atoms with Crippen LogP contribution in [0.2, 0.25) is 5.02 Å². The standard InChI is InChI=1S/C24H20ClN3O3/c1-2-15-7-9-16(10-8-15)20-14-21-18-5-3-4-6-23(18)31-24(27(21)26-20)17-11-12-19(25)22(13-17)28(29)30/h3-13,21,24H,2,14H2,1H3. The largest absolute Gasteiger partial charge is 0.464 e. The molecular weight excluding hydrogens is 414 g/mol. The van der Waals surface area contributed by atoms with Crippen LogP contribution in [-0.4, -0.2) is 15.6 Å². The molecule has 156 valence electrons. The molecule has 0 fully saturated rings. The van der Waals surface area contributed by atoms with Gasteiger partial charge in [-0.15, -0.1) is 0 Å². The summed E-state index contributed by atoms with van der Waals surface area (Å²) in [5.41, 5.74) is 4.89. The molecule has 2 atom stereocenters. The van der Waals surface area contributed by atoms with Gasteiger partial charge in [0.25, 0.3) is 5.69 Å². The van der Waals surface area contributed by atoms with Gasteiger partial charge in [-0.25, -0.2) is 5.01 Å². The predicted octanol–water partition coefficient (Wildman–Crippen LogP) is 6.05. The van der Waals surface area contributed by atoms with Crippen LogP contribution in [-0.2, 0) is 6.42 Å². The monoisotopic (exact) mass is 433 g/mol. The van der Waals surface area contributed by atoms with E-state index in [1.54, 1.807) is 6.07 Å². The van der Waals surface area contributed by atoms with Gasteiger partial charge in [0, 0.05) is 23.6 Å². The van der Waals surface area contributed by atoms with Gasteiger partial charge in [0.05, 0.1) is 16.7 Å². The SMILES string of the molecule is CCc1ccc(C2=NN3C(C2)c2ccccc2OC3c2ccc(Cl)c([N+](=O)[O-])c2)cc1. The minimum Gasteiger partial charge on any atom is -0.464 e. The highest BCUT2D eigenvalue weighted by Crippen LogP contribution is 2.48. The summed E-state index contributed by atoms with van der Waals surface area (Å²) in [6.07, 6.45) is 1.14. The summed E-state index contributed by atoms with van der Waals surface area (Å²) in [6, 6.07) is 21.1. The summed E-state index contributed by atoms with van der Waals surface area (Å²) >= 11 is 6.03. The van der Waals surface area contributed by atoms with E-state index in [4.69, 9.17) is 21.4 Å². The molecule has 0 spiro atoms. The first kappa shape index (κ1) is 19.6. The highest BCUT2D eigenvalue weighted by molar-refractivity contribution is 6.32. The van der Waals surface area contributed by atoms with E-state index in [1.807, 2.05) is 29.3 Å². The zero-order valence-electron chi connectivity index (χ0n) is 16.9. The normalized spacial score (nSPS) is 19.3. The Bertz CT molecular complexity index is 1190. The van der Waals surface area contributed by atoms with Crippen molar-refractivity contribution < 1.29 is 9.66 Å². The van der Waals surface area contributed by atoms with Gasteiger partial charge in [-0.05, 0) is 29.7 Å². The molecule has 3 aromatic carbocycles. The molecule has 7 heteroatoms. The third-order valence-corrected chi connectivity index (χ3v) is 6.17. The van der Waals surface area contributed by atoms with E-state index in [0.29, 0.717) is 5.56 Å².